The first-order valence-electron chi connectivity index (χ1n) is 7.48. The predicted octanol–water partition coefficient (Wildman–Crippen LogP) is 3.35. The van der Waals surface area contributed by atoms with Crippen LogP contribution in [0.1, 0.15) is 31.4 Å². The van der Waals surface area contributed by atoms with Gasteiger partial charge in [-0.05, 0) is 56.8 Å². The number of hydrogen-bond acceptors (Lipinski definition) is 3. The van der Waals surface area contributed by atoms with Gasteiger partial charge in [0.2, 0.25) is 0 Å². The van der Waals surface area contributed by atoms with Crippen molar-refractivity contribution in [1.29, 1.82) is 0 Å². The van der Waals surface area contributed by atoms with Gasteiger partial charge in [-0.3, -0.25) is 4.90 Å². The normalized spacial score (nSPS) is 20.6. The molecule has 0 aromatic carbocycles. The molecule has 20 heavy (non-hydrogen) atoms. The van der Waals surface area contributed by atoms with Crippen LogP contribution in [0.15, 0.2) is 12.1 Å². The summed E-state index contributed by atoms with van der Waals surface area (Å²) >= 11 is 12.2. The molecule has 0 bridgehead atoms. The van der Waals surface area contributed by atoms with Crippen LogP contribution in [0.3, 0.4) is 0 Å². The molecular formula is C15H21Cl2N3. The Labute approximate surface area is 130 Å². The maximum absolute atomic E-state index is 6.25. The molecule has 3 rings (SSSR count). The van der Waals surface area contributed by atoms with E-state index < -0.39 is 0 Å². The predicted molar refractivity (Wildman–Crippen MR) is 83.3 cm³/mol. The minimum atomic E-state index is 0.530. The molecule has 110 valence electrons. The van der Waals surface area contributed by atoms with Crippen LogP contribution in [0.25, 0.3) is 0 Å². The summed E-state index contributed by atoms with van der Waals surface area (Å²) in [6.07, 6.45) is 5.17. The van der Waals surface area contributed by atoms with Gasteiger partial charge in [0.05, 0.1) is 10.7 Å². The quantitative estimate of drug-likeness (QED) is 0.845. The van der Waals surface area contributed by atoms with Crippen LogP contribution in [0.5, 0.6) is 0 Å². The average molecular weight is 314 g/mol. The van der Waals surface area contributed by atoms with Crippen LogP contribution in [0.2, 0.25) is 10.2 Å². The highest BCUT2D eigenvalue weighted by molar-refractivity contribution is 6.32. The molecule has 3 nitrogen and oxygen atoms in total. The Morgan fingerprint density at radius 2 is 1.90 bits per heavy atom. The van der Waals surface area contributed by atoms with Gasteiger partial charge in [0.25, 0.3) is 0 Å². The molecule has 0 atom stereocenters. The second-order valence-corrected chi connectivity index (χ2v) is 6.71. The molecule has 2 heterocycles. The molecule has 0 amide bonds. The third kappa shape index (κ3) is 3.85. The van der Waals surface area contributed by atoms with Crippen LogP contribution >= 0.6 is 23.2 Å². The summed E-state index contributed by atoms with van der Waals surface area (Å²) < 4.78 is 0. The van der Waals surface area contributed by atoms with E-state index in [-0.39, 0.29) is 0 Å². The molecule has 0 unspecified atom stereocenters. The van der Waals surface area contributed by atoms with Crippen LogP contribution in [-0.2, 0) is 6.54 Å². The van der Waals surface area contributed by atoms with Crippen molar-refractivity contribution in [2.45, 2.75) is 38.3 Å². The molecule has 5 heteroatoms. The number of nitrogens with zero attached hydrogens (tertiary/aromatic N) is 2. The van der Waals surface area contributed by atoms with E-state index in [0.29, 0.717) is 5.15 Å². The van der Waals surface area contributed by atoms with Crippen molar-refractivity contribution in [2.24, 2.45) is 5.92 Å². The molecule has 1 saturated carbocycles. The summed E-state index contributed by atoms with van der Waals surface area (Å²) in [6.45, 7) is 4.30. The van der Waals surface area contributed by atoms with Gasteiger partial charge in [-0.15, -0.1) is 0 Å². The fourth-order valence-electron chi connectivity index (χ4n) is 2.94. The van der Waals surface area contributed by atoms with E-state index >= 15 is 0 Å². The fraction of sp³-hybridized carbons (Fsp3) is 0.667. The zero-order chi connectivity index (χ0) is 13.9. The number of aromatic nitrogens is 1. The molecular weight excluding hydrogens is 293 g/mol. The van der Waals surface area contributed by atoms with Crippen LogP contribution in [0, 0.1) is 5.92 Å². The second kappa shape index (κ2) is 6.61. The van der Waals surface area contributed by atoms with Crippen molar-refractivity contribution in [3.05, 3.63) is 28.0 Å². The summed E-state index contributed by atoms with van der Waals surface area (Å²) in [5.74, 6) is 0.801. The lowest BCUT2D eigenvalue weighted by molar-refractivity contribution is 0.188. The summed E-state index contributed by atoms with van der Waals surface area (Å²) in [5.41, 5.74) is 0.917. The number of pyridine rings is 1. The molecule has 2 fully saturated rings. The first-order valence-corrected chi connectivity index (χ1v) is 8.23. The van der Waals surface area contributed by atoms with Gasteiger partial charge in [0.1, 0.15) is 5.15 Å². The zero-order valence-corrected chi connectivity index (χ0v) is 13.1. The Kier molecular flexibility index (Phi) is 4.82. The highest BCUT2D eigenvalue weighted by Crippen LogP contribution is 2.31. The smallest absolute Gasteiger partial charge is 0.129 e. The first-order chi connectivity index (χ1) is 9.72. The van der Waals surface area contributed by atoms with Crippen LogP contribution in [0.4, 0.5) is 0 Å². The molecule has 1 aliphatic heterocycles. The summed E-state index contributed by atoms with van der Waals surface area (Å²) in [7, 11) is 0. The summed E-state index contributed by atoms with van der Waals surface area (Å²) in [4.78, 5) is 6.95. The third-order valence-corrected chi connectivity index (χ3v) is 4.81. The SMILES string of the molecule is Clc1ccc(Cl)c(CN(CC2CCNCC2)C2CC2)n1. The number of nitrogens with one attached hydrogen (secondary N) is 1. The Hall–Kier alpha value is -0.350. The van der Waals surface area contributed by atoms with E-state index in [9.17, 15) is 0 Å². The van der Waals surface area contributed by atoms with Crippen molar-refractivity contribution in [3.8, 4) is 0 Å². The average Bonchev–Trinajstić information content (AvgIpc) is 3.28. The molecule has 1 N–H and O–H groups in total. The zero-order valence-electron chi connectivity index (χ0n) is 11.6. The van der Waals surface area contributed by atoms with E-state index in [2.05, 4.69) is 15.2 Å². The van der Waals surface area contributed by atoms with Gasteiger partial charge >= 0.3 is 0 Å². The molecule has 1 saturated heterocycles. The van der Waals surface area contributed by atoms with Crippen molar-refractivity contribution in [3.63, 3.8) is 0 Å². The molecule has 1 aliphatic carbocycles. The second-order valence-electron chi connectivity index (χ2n) is 5.92. The van der Waals surface area contributed by atoms with Crippen LogP contribution < -0.4 is 5.32 Å². The Morgan fingerprint density at radius 3 is 2.60 bits per heavy atom. The largest absolute Gasteiger partial charge is 0.317 e. The van der Waals surface area contributed by atoms with Gasteiger partial charge in [-0.1, -0.05) is 23.2 Å². The van der Waals surface area contributed by atoms with E-state index in [1.165, 1.54) is 25.7 Å². The molecule has 0 spiro atoms. The highest BCUT2D eigenvalue weighted by Gasteiger charge is 2.31. The van der Waals surface area contributed by atoms with Gasteiger partial charge in [-0.2, -0.15) is 0 Å². The lowest BCUT2D eigenvalue weighted by Crippen LogP contribution is -2.37. The number of rotatable bonds is 5. The van der Waals surface area contributed by atoms with Crippen molar-refractivity contribution in [1.82, 2.24) is 15.2 Å². The van der Waals surface area contributed by atoms with E-state index in [4.69, 9.17) is 23.2 Å². The Bertz CT molecular complexity index is 456. The highest BCUT2D eigenvalue weighted by atomic mass is 35.5. The molecule has 1 aromatic heterocycles. The number of piperidine rings is 1. The molecule has 0 radical (unpaired) electrons. The lowest BCUT2D eigenvalue weighted by Gasteiger charge is -2.30. The van der Waals surface area contributed by atoms with Gasteiger partial charge in [0.15, 0.2) is 0 Å². The number of hydrogen-bond donors (Lipinski definition) is 1. The lowest BCUT2D eigenvalue weighted by atomic mass is 9.97. The van der Waals surface area contributed by atoms with E-state index in [1.54, 1.807) is 6.07 Å². The summed E-state index contributed by atoms with van der Waals surface area (Å²) in [6, 6.07) is 4.32. The first kappa shape index (κ1) is 14.6. The Morgan fingerprint density at radius 1 is 1.15 bits per heavy atom. The van der Waals surface area contributed by atoms with E-state index in [1.807, 2.05) is 6.07 Å². The molecule has 1 aromatic rings. The third-order valence-electron chi connectivity index (χ3n) is 4.25. The van der Waals surface area contributed by atoms with Crippen molar-refractivity contribution >= 4 is 23.2 Å². The number of halogens is 2. The molecule has 2 aliphatic rings. The van der Waals surface area contributed by atoms with Gasteiger partial charge in [-0.25, -0.2) is 4.98 Å². The van der Waals surface area contributed by atoms with Gasteiger partial charge < -0.3 is 5.32 Å². The Balaban J connectivity index is 1.66. The standard InChI is InChI=1S/C15H21Cl2N3/c16-13-3-4-15(17)19-14(13)10-20(12-1-2-12)9-11-5-7-18-8-6-11/h3-4,11-12,18H,1-2,5-10H2. The minimum absolute atomic E-state index is 0.530. The monoisotopic (exact) mass is 313 g/mol. The van der Waals surface area contributed by atoms with E-state index in [0.717, 1.165) is 48.9 Å². The van der Waals surface area contributed by atoms with Gasteiger partial charge in [0, 0.05) is 19.1 Å². The van der Waals surface area contributed by atoms with Crippen LogP contribution in [-0.4, -0.2) is 35.6 Å². The van der Waals surface area contributed by atoms with Crippen molar-refractivity contribution in [2.75, 3.05) is 19.6 Å². The fourth-order valence-corrected chi connectivity index (χ4v) is 3.27. The maximum Gasteiger partial charge on any atom is 0.129 e. The maximum atomic E-state index is 6.25. The van der Waals surface area contributed by atoms with Crippen molar-refractivity contribution < 1.29 is 0 Å². The topological polar surface area (TPSA) is 28.2 Å². The minimum Gasteiger partial charge on any atom is -0.317 e. The summed E-state index contributed by atoms with van der Waals surface area (Å²) in [5, 5.41) is 4.69.